The normalized spacial score (nSPS) is 25.2. The quantitative estimate of drug-likeness (QED) is 0.0497. The molecule has 2 aliphatic rings. The molecule has 2 aliphatic heterocycles. The van der Waals surface area contributed by atoms with E-state index in [-0.39, 0.29) is 56.4 Å². The second kappa shape index (κ2) is 34.0. The zero-order chi connectivity index (χ0) is 60.0. The van der Waals surface area contributed by atoms with Gasteiger partial charge in [-0.3, -0.25) is 38.4 Å². The third-order valence-electron chi connectivity index (χ3n) is 15.8. The minimum Gasteiger partial charge on any atom is -0.497 e. The molecule has 1 aromatic rings. The number of ketones is 1. The van der Waals surface area contributed by atoms with Crippen LogP contribution in [0.1, 0.15) is 184 Å². The molecular weight excluding hydrogens is 1020 g/mol. The number of Topliss-reactive ketones (excluding diaryl/α,β-unsaturated/α-hetero) is 1. The van der Waals surface area contributed by atoms with Crippen LogP contribution in [-0.2, 0) is 59.0 Å². The van der Waals surface area contributed by atoms with E-state index in [9.17, 15) is 48.3 Å². The van der Waals surface area contributed by atoms with Gasteiger partial charge in [0, 0.05) is 33.5 Å². The monoisotopic (exact) mass is 1120 g/mol. The first-order valence-electron chi connectivity index (χ1n) is 29.8. The number of amides is 6. The first kappa shape index (κ1) is 68.7. The molecule has 0 aromatic heterocycles. The summed E-state index contributed by atoms with van der Waals surface area (Å²) in [6.45, 7) is 19.5. The minimum atomic E-state index is -1.66. The molecule has 19 heteroatoms. The second-order valence-electron chi connectivity index (χ2n) is 23.7. The number of carbonyl (C=O) groups is 9. The summed E-state index contributed by atoms with van der Waals surface area (Å²) < 4.78 is 17.3. The summed E-state index contributed by atoms with van der Waals surface area (Å²) in [4.78, 5) is 134. The van der Waals surface area contributed by atoms with Crippen LogP contribution in [0.25, 0.3) is 0 Å². The molecule has 0 saturated carbocycles. The number of cyclic esters (lactones) is 2. The van der Waals surface area contributed by atoms with E-state index in [2.05, 4.69) is 22.9 Å². The Bertz CT molecular complexity index is 2190. The van der Waals surface area contributed by atoms with Gasteiger partial charge in [-0.15, -0.1) is 0 Å². The van der Waals surface area contributed by atoms with Crippen molar-refractivity contribution in [1.82, 2.24) is 30.7 Å². The van der Waals surface area contributed by atoms with Crippen LogP contribution < -0.4 is 20.7 Å². The van der Waals surface area contributed by atoms with E-state index < -0.39 is 126 Å². The fourth-order valence-corrected chi connectivity index (χ4v) is 10.5. The van der Waals surface area contributed by atoms with Gasteiger partial charge in [0.15, 0.2) is 11.9 Å². The van der Waals surface area contributed by atoms with E-state index in [1.54, 1.807) is 52.1 Å². The number of esters is 2. The van der Waals surface area contributed by atoms with Gasteiger partial charge in [0.1, 0.15) is 42.1 Å². The first-order valence-corrected chi connectivity index (χ1v) is 29.8. The maximum Gasteiger partial charge on any atom is 0.329 e. The van der Waals surface area contributed by atoms with Crippen LogP contribution in [0.15, 0.2) is 24.3 Å². The number of carbonyl (C=O) groups excluding carboxylic acids is 9. The molecule has 2 fully saturated rings. The predicted molar refractivity (Wildman–Crippen MR) is 306 cm³/mol. The highest BCUT2D eigenvalue weighted by Gasteiger charge is 2.45. The molecule has 80 heavy (non-hydrogen) atoms. The van der Waals surface area contributed by atoms with Gasteiger partial charge in [0.2, 0.25) is 35.4 Å². The van der Waals surface area contributed by atoms with Gasteiger partial charge in [0.05, 0.1) is 31.6 Å². The average Bonchev–Trinajstić information content (AvgIpc) is 3.91. The smallest absolute Gasteiger partial charge is 0.329 e. The largest absolute Gasteiger partial charge is 0.497 e. The summed E-state index contributed by atoms with van der Waals surface area (Å²) in [5.41, 5.74) is 0.609. The molecule has 3 rings (SSSR count). The molecule has 11 atom stereocenters. The van der Waals surface area contributed by atoms with E-state index in [0.717, 1.165) is 25.7 Å². The number of unbranched alkanes of at least 4 members (excludes halogenated alkanes) is 8. The number of hydrogen-bond acceptors (Lipinski definition) is 13. The Balaban J connectivity index is 2.19. The zero-order valence-corrected chi connectivity index (χ0v) is 50.8. The van der Waals surface area contributed by atoms with E-state index >= 15 is 0 Å². The number of aliphatic hydroxyl groups is 1. The lowest BCUT2D eigenvalue weighted by atomic mass is 9.91. The van der Waals surface area contributed by atoms with E-state index in [1.807, 2.05) is 34.6 Å². The Kier molecular flexibility index (Phi) is 29.2. The summed E-state index contributed by atoms with van der Waals surface area (Å²) in [6, 6.07) is -0.585. The SMILES string of the molecule is CCCCCCCCCCCC(=O)N(C)[C@H](CC(C)C)C(=O)N[C@@H]1C(=O)N[C@@H]([C@@H](C)CC)[C@@H](O)CC(=O)O[C@@H](C(C)C)C(=O)[C@H](C)C(=O)N[C@@H](CC(C)C)C(=O)N2CCC[C@H]2C(=O)N(C)[C@@H](Cc2ccc(OC)cc2)C(=O)O[C@@H]1C. The number of benzene rings is 1. The Morgan fingerprint density at radius 2 is 1.44 bits per heavy atom. The van der Waals surface area contributed by atoms with Gasteiger partial charge < -0.3 is 50.0 Å². The molecule has 0 aliphatic carbocycles. The maximum absolute atomic E-state index is 15.0. The third kappa shape index (κ3) is 20.7. The summed E-state index contributed by atoms with van der Waals surface area (Å²) in [6.07, 6.45) is 5.97. The number of likely N-dealkylation sites (N-methyl/N-ethyl adjacent to an activating group) is 2. The van der Waals surface area contributed by atoms with Gasteiger partial charge in [-0.1, -0.05) is 132 Å². The number of nitrogens with zero attached hydrogens (tertiary/aromatic N) is 3. The third-order valence-corrected chi connectivity index (χ3v) is 15.8. The lowest BCUT2D eigenvalue weighted by Crippen LogP contribution is -2.61. The Hall–Kier alpha value is -5.59. The van der Waals surface area contributed by atoms with Crippen molar-refractivity contribution in [2.45, 2.75) is 240 Å². The van der Waals surface area contributed by atoms with Gasteiger partial charge in [-0.05, 0) is 87.3 Å². The summed E-state index contributed by atoms with van der Waals surface area (Å²) >= 11 is 0. The van der Waals surface area contributed by atoms with Crippen molar-refractivity contribution in [3.05, 3.63) is 29.8 Å². The molecule has 0 bridgehead atoms. The number of fused-ring (bicyclic) bond motifs is 1. The van der Waals surface area contributed by atoms with Crippen LogP contribution in [0.2, 0.25) is 0 Å². The number of methoxy groups -OCH3 is 1. The van der Waals surface area contributed by atoms with Gasteiger partial charge in [-0.25, -0.2) is 4.79 Å². The van der Waals surface area contributed by atoms with Crippen molar-refractivity contribution in [3.63, 3.8) is 0 Å². The standard InChI is InChI=1S/C61H100N6O13/c1-15-17-18-19-20-21-22-23-24-27-50(69)65(12)47(34-38(5)6)57(73)64-53-42(11)79-61(77)48(35-43-28-30-44(78-14)31-29-43)66(13)60(76)46-26-25-32-67(46)59(75)45(33-37(3)4)62-56(72)41(10)54(71)55(39(7)8)80-51(70)36-49(68)52(40(9)16-2)63-58(53)74/h28-31,37-42,45-49,52-53,55,68H,15-27,32-36H2,1-14H3,(H,62,72)(H,63,74)(H,64,73)/t40-,41-,42+,45-,46-,47+,48-,49-,52-,53-,55-/m0/s1. The Morgan fingerprint density at radius 3 is 2.00 bits per heavy atom. The van der Waals surface area contributed by atoms with E-state index in [4.69, 9.17) is 14.2 Å². The van der Waals surface area contributed by atoms with Crippen molar-refractivity contribution in [2.24, 2.45) is 29.6 Å². The van der Waals surface area contributed by atoms with Crippen LogP contribution in [0.5, 0.6) is 5.75 Å². The second-order valence-corrected chi connectivity index (χ2v) is 23.7. The number of rotatable bonds is 23. The summed E-state index contributed by atoms with van der Waals surface area (Å²) in [5, 5.41) is 20.3. The van der Waals surface area contributed by atoms with Crippen molar-refractivity contribution in [3.8, 4) is 5.75 Å². The lowest BCUT2D eigenvalue weighted by molar-refractivity contribution is -0.163. The van der Waals surface area contributed by atoms with Gasteiger partial charge in [-0.2, -0.15) is 0 Å². The molecule has 6 amide bonds. The zero-order valence-electron chi connectivity index (χ0n) is 50.8. The fraction of sp³-hybridized carbons (Fsp3) is 0.754. The number of hydrogen-bond donors (Lipinski definition) is 4. The Morgan fingerprint density at radius 1 is 0.825 bits per heavy atom. The average molecular weight is 1130 g/mol. The van der Waals surface area contributed by atoms with Crippen molar-refractivity contribution in [1.29, 1.82) is 0 Å². The van der Waals surface area contributed by atoms with Gasteiger partial charge >= 0.3 is 11.9 Å². The topological polar surface area (TPSA) is 247 Å². The highest BCUT2D eigenvalue weighted by Crippen LogP contribution is 2.26. The summed E-state index contributed by atoms with van der Waals surface area (Å²) in [5.74, 6) is -8.57. The van der Waals surface area contributed by atoms with Crippen LogP contribution in [0, 0.1) is 29.6 Å². The number of nitrogens with one attached hydrogen (secondary N) is 3. The van der Waals surface area contributed by atoms with Crippen molar-refractivity contribution >= 4 is 53.2 Å². The van der Waals surface area contributed by atoms with Crippen molar-refractivity contribution < 1.29 is 62.5 Å². The van der Waals surface area contributed by atoms with Gasteiger partial charge in [0.25, 0.3) is 0 Å². The van der Waals surface area contributed by atoms with E-state index in [1.165, 1.54) is 68.4 Å². The van der Waals surface area contributed by atoms with Crippen LogP contribution >= 0.6 is 0 Å². The molecule has 2 saturated heterocycles. The molecule has 0 spiro atoms. The highest BCUT2D eigenvalue weighted by molar-refractivity contribution is 6.05. The molecule has 1 aromatic carbocycles. The van der Waals surface area contributed by atoms with Crippen LogP contribution in [-0.4, -0.2) is 155 Å². The lowest BCUT2D eigenvalue weighted by Gasteiger charge is -2.36. The van der Waals surface area contributed by atoms with Crippen LogP contribution in [0.3, 0.4) is 0 Å². The minimum absolute atomic E-state index is 0.0798. The van der Waals surface area contributed by atoms with Crippen LogP contribution in [0.4, 0.5) is 0 Å². The maximum atomic E-state index is 15.0. The fourth-order valence-electron chi connectivity index (χ4n) is 10.5. The predicted octanol–water partition coefficient (Wildman–Crippen LogP) is 6.87. The highest BCUT2D eigenvalue weighted by atomic mass is 16.6. The molecule has 0 radical (unpaired) electrons. The molecular formula is C61H100N6O13. The van der Waals surface area contributed by atoms with Crippen molar-refractivity contribution in [2.75, 3.05) is 27.7 Å². The molecule has 2 heterocycles. The van der Waals surface area contributed by atoms with E-state index in [0.29, 0.717) is 30.6 Å². The Labute approximate surface area is 477 Å². The number of ether oxygens (including phenoxy) is 3. The number of aliphatic hydroxyl groups excluding tert-OH is 1. The molecule has 452 valence electrons. The first-order chi connectivity index (χ1) is 37.8. The molecule has 4 N–H and O–H groups in total. The molecule has 19 nitrogen and oxygen atoms in total. The molecule has 0 unspecified atom stereocenters. The summed E-state index contributed by atoms with van der Waals surface area (Å²) in [7, 11) is 4.51.